The number of methoxy groups -OCH3 is 1. The van der Waals surface area contributed by atoms with Crippen LogP contribution in [0.5, 0.6) is 5.75 Å². The molecule has 0 fully saturated rings. The summed E-state index contributed by atoms with van der Waals surface area (Å²) in [6.07, 6.45) is 0. The maximum Gasteiger partial charge on any atom is 0.348 e. The van der Waals surface area contributed by atoms with Crippen LogP contribution in [0.2, 0.25) is 0 Å². The second-order valence-corrected chi connectivity index (χ2v) is 7.39. The Morgan fingerprint density at radius 1 is 1.07 bits per heavy atom. The third-order valence-electron chi connectivity index (χ3n) is 4.49. The largest absolute Gasteiger partial charge is 0.496 e. The quantitative estimate of drug-likeness (QED) is 0.350. The molecule has 7 heteroatoms. The van der Waals surface area contributed by atoms with Crippen molar-refractivity contribution in [3.05, 3.63) is 76.8 Å². The predicted molar refractivity (Wildman–Crippen MR) is 111 cm³/mol. The average Bonchev–Trinajstić information content (AvgIpc) is 3.33. The van der Waals surface area contributed by atoms with E-state index in [9.17, 15) is 9.59 Å². The summed E-state index contributed by atoms with van der Waals surface area (Å²) in [6.45, 7) is 1.55. The van der Waals surface area contributed by atoms with Crippen LogP contribution in [0.4, 0.5) is 0 Å². The first kappa shape index (κ1) is 18.9. The number of nitrogens with zero attached hydrogens (tertiary/aromatic N) is 2. The average molecular weight is 406 g/mol. The highest BCUT2D eigenvalue weighted by Crippen LogP contribution is 2.30. The molecule has 0 aliphatic rings. The van der Waals surface area contributed by atoms with Gasteiger partial charge in [-0.05, 0) is 37.3 Å². The number of hydrogen-bond acceptors (Lipinski definition) is 6. The zero-order valence-corrected chi connectivity index (χ0v) is 16.7. The number of ketones is 1. The first-order valence-electron chi connectivity index (χ1n) is 8.96. The second kappa shape index (κ2) is 7.89. The summed E-state index contributed by atoms with van der Waals surface area (Å²) in [7, 11) is 1.49. The van der Waals surface area contributed by atoms with Crippen molar-refractivity contribution in [2.75, 3.05) is 13.7 Å². The molecule has 0 N–H and O–H groups in total. The van der Waals surface area contributed by atoms with Crippen LogP contribution in [-0.4, -0.2) is 35.2 Å². The van der Waals surface area contributed by atoms with Crippen molar-refractivity contribution in [3.63, 3.8) is 0 Å². The Kier molecular flexibility index (Phi) is 5.14. The molecule has 0 radical (unpaired) electrons. The molecule has 0 aliphatic carbocycles. The Morgan fingerprint density at radius 3 is 2.55 bits per heavy atom. The van der Waals surface area contributed by atoms with Gasteiger partial charge in [0, 0.05) is 5.39 Å². The molecule has 0 amide bonds. The van der Waals surface area contributed by atoms with Gasteiger partial charge < -0.3 is 9.47 Å². The third kappa shape index (κ3) is 3.64. The number of aromatic nitrogens is 2. The molecule has 6 nitrogen and oxygen atoms in total. The first-order chi connectivity index (χ1) is 14.1. The molecule has 0 atom stereocenters. The van der Waals surface area contributed by atoms with Gasteiger partial charge >= 0.3 is 5.97 Å². The third-order valence-corrected chi connectivity index (χ3v) is 5.58. The molecular weight excluding hydrogens is 388 g/mol. The second-order valence-electron chi connectivity index (χ2n) is 6.36. The molecule has 146 valence electrons. The van der Waals surface area contributed by atoms with Gasteiger partial charge in [-0.1, -0.05) is 30.3 Å². The van der Waals surface area contributed by atoms with Crippen LogP contribution in [0.15, 0.2) is 60.7 Å². The maximum absolute atomic E-state index is 12.5. The Bertz CT molecular complexity index is 1190. The molecule has 4 aromatic rings. The summed E-state index contributed by atoms with van der Waals surface area (Å²) >= 11 is 1.29. The lowest BCUT2D eigenvalue weighted by molar-refractivity contribution is 0.0479. The van der Waals surface area contributed by atoms with Crippen molar-refractivity contribution < 1.29 is 19.1 Å². The van der Waals surface area contributed by atoms with Crippen LogP contribution in [-0.2, 0) is 4.74 Å². The lowest BCUT2D eigenvalue weighted by atomic mass is 10.1. The number of fused-ring (bicyclic) bond motifs is 1. The molecule has 2 aromatic carbocycles. The molecule has 0 spiro atoms. The molecule has 0 unspecified atom stereocenters. The maximum atomic E-state index is 12.5. The van der Waals surface area contributed by atoms with Crippen molar-refractivity contribution in [2.24, 2.45) is 0 Å². The lowest BCUT2D eigenvalue weighted by Gasteiger charge is -2.07. The Hall–Kier alpha value is -3.45. The smallest absolute Gasteiger partial charge is 0.348 e. The van der Waals surface area contributed by atoms with E-state index in [1.807, 2.05) is 41.9 Å². The highest BCUT2D eigenvalue weighted by molar-refractivity contribution is 7.20. The molecule has 0 saturated heterocycles. The van der Waals surface area contributed by atoms with Gasteiger partial charge in [0.1, 0.15) is 15.5 Å². The van der Waals surface area contributed by atoms with E-state index in [1.165, 1.54) is 18.4 Å². The van der Waals surface area contributed by atoms with Gasteiger partial charge in [0.15, 0.2) is 6.61 Å². The van der Waals surface area contributed by atoms with Gasteiger partial charge in [-0.2, -0.15) is 5.10 Å². The number of rotatable bonds is 6. The van der Waals surface area contributed by atoms with E-state index >= 15 is 0 Å². The lowest BCUT2D eigenvalue weighted by Crippen LogP contribution is -2.14. The number of thiophene rings is 1. The Balaban J connectivity index is 1.54. The minimum atomic E-state index is -0.534. The standard InChI is InChI=1S/C22H18N2O4S/c1-14-17-12-20(29-21(17)24(23-14)15-8-4-3-5-9-15)22(26)28-13-18(25)16-10-6-7-11-19(16)27-2/h3-12H,13H2,1-2H3. The summed E-state index contributed by atoms with van der Waals surface area (Å²) in [6, 6.07) is 18.3. The van der Waals surface area contributed by atoms with Crippen LogP contribution in [0.3, 0.4) is 0 Å². The molecule has 0 bridgehead atoms. The molecule has 0 saturated carbocycles. The number of para-hydroxylation sites is 2. The Morgan fingerprint density at radius 2 is 1.79 bits per heavy atom. The molecule has 2 heterocycles. The van der Waals surface area contributed by atoms with Gasteiger partial charge in [0.25, 0.3) is 0 Å². The minimum Gasteiger partial charge on any atom is -0.496 e. The van der Waals surface area contributed by atoms with Gasteiger partial charge in [0.05, 0.1) is 24.1 Å². The van der Waals surface area contributed by atoms with Crippen LogP contribution in [0, 0.1) is 6.92 Å². The summed E-state index contributed by atoms with van der Waals surface area (Å²) in [5.74, 6) is -0.397. The number of ether oxygens (including phenoxy) is 2. The van der Waals surface area contributed by atoms with Crippen molar-refractivity contribution in [1.82, 2.24) is 9.78 Å². The fourth-order valence-electron chi connectivity index (χ4n) is 3.05. The van der Waals surface area contributed by atoms with Crippen LogP contribution < -0.4 is 4.74 Å². The van der Waals surface area contributed by atoms with Crippen molar-refractivity contribution in [2.45, 2.75) is 6.92 Å². The molecule has 29 heavy (non-hydrogen) atoms. The first-order valence-corrected chi connectivity index (χ1v) is 9.78. The van der Waals surface area contributed by atoms with Crippen LogP contribution >= 0.6 is 11.3 Å². The number of benzene rings is 2. The molecule has 4 rings (SSSR count). The molecular formula is C22H18N2O4S. The van der Waals surface area contributed by atoms with Crippen molar-refractivity contribution >= 4 is 33.3 Å². The normalized spacial score (nSPS) is 10.8. The number of carbonyl (C=O) groups excluding carboxylic acids is 2. The number of carbonyl (C=O) groups is 2. The van der Waals surface area contributed by atoms with Crippen LogP contribution in [0.25, 0.3) is 15.9 Å². The molecule has 2 aromatic heterocycles. The fourth-order valence-corrected chi connectivity index (χ4v) is 4.12. The Labute approximate surface area is 171 Å². The monoisotopic (exact) mass is 406 g/mol. The summed E-state index contributed by atoms with van der Waals surface area (Å²) < 4.78 is 12.3. The van der Waals surface area contributed by atoms with Gasteiger partial charge in [-0.25, -0.2) is 9.48 Å². The number of aryl methyl sites for hydroxylation is 1. The number of Topliss-reactive ketones (excluding diaryl/α,β-unsaturated/α-hetero) is 1. The molecule has 0 aliphatic heterocycles. The zero-order chi connectivity index (χ0) is 20.4. The number of hydrogen-bond donors (Lipinski definition) is 0. The van der Waals surface area contributed by atoms with E-state index in [-0.39, 0.29) is 12.4 Å². The van der Waals surface area contributed by atoms with E-state index in [4.69, 9.17) is 9.47 Å². The highest BCUT2D eigenvalue weighted by atomic mass is 32.1. The van der Waals surface area contributed by atoms with Crippen molar-refractivity contribution in [3.8, 4) is 11.4 Å². The summed E-state index contributed by atoms with van der Waals surface area (Å²) in [5, 5.41) is 5.45. The fraction of sp³-hybridized carbons (Fsp3) is 0.136. The van der Waals surface area contributed by atoms with E-state index in [0.29, 0.717) is 16.2 Å². The topological polar surface area (TPSA) is 70.4 Å². The highest BCUT2D eigenvalue weighted by Gasteiger charge is 2.20. The summed E-state index contributed by atoms with van der Waals surface area (Å²) in [4.78, 5) is 26.2. The van der Waals surface area contributed by atoms with Gasteiger partial charge in [-0.3, -0.25) is 4.79 Å². The van der Waals surface area contributed by atoms with Crippen molar-refractivity contribution in [1.29, 1.82) is 0 Å². The SMILES string of the molecule is COc1ccccc1C(=O)COC(=O)c1cc2c(C)nn(-c3ccccc3)c2s1. The predicted octanol–water partition coefficient (Wildman–Crippen LogP) is 4.44. The van der Waals surface area contributed by atoms with Gasteiger partial charge in [-0.15, -0.1) is 11.3 Å². The van der Waals surface area contributed by atoms with E-state index < -0.39 is 5.97 Å². The van der Waals surface area contributed by atoms with E-state index in [2.05, 4.69) is 5.10 Å². The van der Waals surface area contributed by atoms with Crippen LogP contribution in [0.1, 0.15) is 25.7 Å². The summed E-state index contributed by atoms with van der Waals surface area (Å²) in [5.41, 5.74) is 2.12. The van der Waals surface area contributed by atoms with E-state index in [1.54, 1.807) is 30.3 Å². The zero-order valence-electron chi connectivity index (χ0n) is 15.9. The minimum absolute atomic E-state index is 0.316. The number of esters is 1. The van der Waals surface area contributed by atoms with E-state index in [0.717, 1.165) is 21.6 Å². The van der Waals surface area contributed by atoms with Gasteiger partial charge in [0.2, 0.25) is 5.78 Å².